The average molecular weight is 461 g/mol. The zero-order valence-corrected chi connectivity index (χ0v) is 18.8. The van der Waals surface area contributed by atoms with Crippen molar-refractivity contribution in [2.75, 3.05) is 6.54 Å². The number of aryl methyl sites for hydroxylation is 1. The summed E-state index contributed by atoms with van der Waals surface area (Å²) in [4.78, 5) is 11.8. The first-order valence-corrected chi connectivity index (χ1v) is 11.8. The Kier molecular flexibility index (Phi) is 6.02. The molecule has 0 amide bonds. The van der Waals surface area contributed by atoms with Crippen molar-refractivity contribution in [1.29, 1.82) is 0 Å². The zero-order valence-electron chi connectivity index (χ0n) is 18.0. The van der Waals surface area contributed by atoms with E-state index in [1.54, 1.807) is 32.0 Å². The minimum Gasteiger partial charge on any atom is -0.391 e. The van der Waals surface area contributed by atoms with Crippen molar-refractivity contribution in [2.24, 2.45) is 0 Å². The first-order valence-electron chi connectivity index (χ1n) is 10.3. The Labute approximate surface area is 185 Å². The van der Waals surface area contributed by atoms with Crippen molar-refractivity contribution in [1.82, 2.24) is 20.2 Å². The van der Waals surface area contributed by atoms with Gasteiger partial charge < -0.3 is 9.73 Å². The number of rotatable bonds is 6. The van der Waals surface area contributed by atoms with Gasteiger partial charge in [-0.05, 0) is 66.8 Å². The lowest BCUT2D eigenvalue weighted by Gasteiger charge is -2.26. The van der Waals surface area contributed by atoms with Crippen molar-refractivity contribution in [2.45, 2.75) is 50.6 Å². The standard InChI is InChI=1S/C22H25FN4O4S/c1-12-7-8-17(23)19(13(12)2)14(3)20(21-25-26-22(28)31-21)27-32(29,30)18-6-4-5-15-11-24-10-9-16(15)18/h4-8,14,20,24,27H,9-11H2,1-3H3,(H,26,28)/t14-,20+/m1/s1. The highest BCUT2D eigenvalue weighted by atomic mass is 32.2. The molecule has 2 aromatic carbocycles. The maximum Gasteiger partial charge on any atom is 0.434 e. The molecule has 8 nitrogen and oxygen atoms in total. The van der Waals surface area contributed by atoms with E-state index in [0.717, 1.165) is 16.7 Å². The zero-order chi connectivity index (χ0) is 23.0. The number of aromatic amines is 1. The molecular weight excluding hydrogens is 435 g/mol. The number of sulfonamides is 1. The highest BCUT2D eigenvalue weighted by molar-refractivity contribution is 7.89. The molecule has 1 aliphatic rings. The number of hydrogen-bond acceptors (Lipinski definition) is 6. The van der Waals surface area contributed by atoms with Gasteiger partial charge in [-0.1, -0.05) is 25.1 Å². The maximum atomic E-state index is 14.8. The molecule has 3 N–H and O–H groups in total. The van der Waals surface area contributed by atoms with Crippen molar-refractivity contribution in [3.8, 4) is 0 Å². The first-order chi connectivity index (χ1) is 15.2. The summed E-state index contributed by atoms with van der Waals surface area (Å²) in [7, 11) is -4.04. The quantitative estimate of drug-likeness (QED) is 0.521. The Morgan fingerprint density at radius 3 is 2.72 bits per heavy atom. The number of hydrogen-bond donors (Lipinski definition) is 3. The molecule has 3 aromatic rings. The molecule has 2 heterocycles. The summed E-state index contributed by atoms with van der Waals surface area (Å²) in [6.07, 6.45) is 0.565. The Balaban J connectivity index is 1.80. The van der Waals surface area contributed by atoms with Crippen LogP contribution in [0.25, 0.3) is 0 Å². The van der Waals surface area contributed by atoms with E-state index in [1.165, 1.54) is 6.07 Å². The van der Waals surface area contributed by atoms with Crippen LogP contribution in [0, 0.1) is 19.7 Å². The van der Waals surface area contributed by atoms with Gasteiger partial charge in [0.1, 0.15) is 11.9 Å². The summed E-state index contributed by atoms with van der Waals surface area (Å²) in [5, 5.41) is 9.23. The van der Waals surface area contributed by atoms with Crippen molar-refractivity contribution in [3.05, 3.63) is 80.4 Å². The van der Waals surface area contributed by atoms with Gasteiger partial charge in [-0.15, -0.1) is 5.10 Å². The third-order valence-corrected chi connectivity index (χ3v) is 7.60. The van der Waals surface area contributed by atoms with Crippen LogP contribution in [0.5, 0.6) is 0 Å². The fraction of sp³-hybridized carbons (Fsp3) is 0.364. The molecule has 0 saturated heterocycles. The molecule has 0 fully saturated rings. The van der Waals surface area contributed by atoms with Crippen molar-refractivity contribution in [3.63, 3.8) is 0 Å². The van der Waals surface area contributed by atoms with Crippen LogP contribution >= 0.6 is 0 Å². The van der Waals surface area contributed by atoms with Gasteiger partial charge in [0.05, 0.1) is 4.90 Å². The highest BCUT2D eigenvalue weighted by Crippen LogP contribution is 2.35. The Hall–Kier alpha value is -2.82. The number of benzene rings is 2. The molecule has 32 heavy (non-hydrogen) atoms. The van der Waals surface area contributed by atoms with Crippen LogP contribution in [-0.2, 0) is 23.0 Å². The molecule has 0 unspecified atom stereocenters. The largest absolute Gasteiger partial charge is 0.434 e. The summed E-state index contributed by atoms with van der Waals surface area (Å²) >= 11 is 0. The van der Waals surface area contributed by atoms with Crippen LogP contribution < -0.4 is 15.8 Å². The van der Waals surface area contributed by atoms with Gasteiger partial charge in [0.15, 0.2) is 0 Å². The predicted octanol–water partition coefficient (Wildman–Crippen LogP) is 2.59. The summed E-state index contributed by atoms with van der Waals surface area (Å²) in [6, 6.07) is 7.04. The fourth-order valence-corrected chi connectivity index (χ4v) is 5.83. The Bertz CT molecular complexity index is 1320. The molecule has 2 atom stereocenters. The SMILES string of the molecule is Cc1ccc(F)c([C@@H](C)[C@H](NS(=O)(=O)c2cccc3c2CCNC3)c2n[nH]c(=O)o2)c1C. The second-order valence-electron chi connectivity index (χ2n) is 8.06. The van der Waals surface area contributed by atoms with Crippen molar-refractivity contribution < 1.29 is 17.2 Å². The van der Waals surface area contributed by atoms with E-state index in [1.807, 2.05) is 13.0 Å². The second kappa shape index (κ2) is 8.61. The van der Waals surface area contributed by atoms with E-state index in [0.29, 0.717) is 30.6 Å². The number of H-pyrrole nitrogens is 1. The van der Waals surface area contributed by atoms with E-state index < -0.39 is 33.6 Å². The summed E-state index contributed by atoms with van der Waals surface area (Å²) in [5.74, 6) is -2.15. The van der Waals surface area contributed by atoms with Gasteiger partial charge in [-0.2, -0.15) is 4.72 Å². The smallest absolute Gasteiger partial charge is 0.391 e. The van der Waals surface area contributed by atoms with E-state index in [4.69, 9.17) is 4.42 Å². The van der Waals surface area contributed by atoms with Crippen LogP contribution in [0.2, 0.25) is 0 Å². The first kappa shape index (κ1) is 22.4. The summed E-state index contributed by atoms with van der Waals surface area (Å²) in [6.45, 7) is 6.55. The van der Waals surface area contributed by atoms with Crippen molar-refractivity contribution >= 4 is 10.0 Å². The molecule has 4 rings (SSSR count). The molecule has 0 radical (unpaired) electrons. The van der Waals surface area contributed by atoms with E-state index in [-0.39, 0.29) is 10.8 Å². The number of halogens is 1. The molecule has 0 aliphatic carbocycles. The number of nitrogens with one attached hydrogen (secondary N) is 3. The predicted molar refractivity (Wildman–Crippen MR) is 116 cm³/mol. The third kappa shape index (κ3) is 4.13. The second-order valence-corrected chi connectivity index (χ2v) is 9.74. The number of fused-ring (bicyclic) bond motifs is 1. The summed E-state index contributed by atoms with van der Waals surface area (Å²) < 4.78 is 49.5. The van der Waals surface area contributed by atoms with Crippen LogP contribution in [-0.4, -0.2) is 25.2 Å². The highest BCUT2D eigenvalue weighted by Gasteiger charge is 2.34. The molecule has 0 bridgehead atoms. The molecule has 0 spiro atoms. The lowest BCUT2D eigenvalue weighted by Crippen LogP contribution is -2.34. The normalized spacial score (nSPS) is 15.9. The van der Waals surface area contributed by atoms with Gasteiger partial charge >= 0.3 is 5.76 Å². The maximum absolute atomic E-state index is 14.8. The third-order valence-electron chi connectivity index (χ3n) is 6.08. The summed E-state index contributed by atoms with van der Waals surface area (Å²) in [5.41, 5.74) is 3.55. The fourth-order valence-electron chi connectivity index (χ4n) is 4.25. The molecule has 0 saturated carbocycles. The lowest BCUT2D eigenvalue weighted by molar-refractivity contribution is 0.376. The minimum absolute atomic E-state index is 0.155. The number of aromatic nitrogens is 2. The van der Waals surface area contributed by atoms with Crippen LogP contribution in [0.4, 0.5) is 4.39 Å². The average Bonchev–Trinajstić information content (AvgIpc) is 3.20. The molecule has 10 heteroatoms. The van der Waals surface area contributed by atoms with Crippen LogP contribution in [0.1, 0.15) is 52.6 Å². The van der Waals surface area contributed by atoms with Crippen LogP contribution in [0.3, 0.4) is 0 Å². The van der Waals surface area contributed by atoms with Gasteiger partial charge in [-0.3, -0.25) is 0 Å². The molecule has 1 aromatic heterocycles. The monoisotopic (exact) mass is 460 g/mol. The van der Waals surface area contributed by atoms with E-state index >= 15 is 0 Å². The minimum atomic E-state index is -4.04. The van der Waals surface area contributed by atoms with E-state index in [2.05, 4.69) is 20.2 Å². The molecule has 1 aliphatic heterocycles. The molecular formula is C22H25FN4O4S. The van der Waals surface area contributed by atoms with Gasteiger partial charge in [0.2, 0.25) is 15.9 Å². The van der Waals surface area contributed by atoms with Crippen LogP contribution in [0.15, 0.2) is 44.4 Å². The van der Waals surface area contributed by atoms with Gasteiger partial charge in [0, 0.05) is 12.5 Å². The number of nitrogens with zero attached hydrogens (tertiary/aromatic N) is 1. The Morgan fingerprint density at radius 1 is 1.22 bits per heavy atom. The van der Waals surface area contributed by atoms with Gasteiger partial charge in [-0.25, -0.2) is 22.7 Å². The topological polar surface area (TPSA) is 117 Å². The molecule has 170 valence electrons. The van der Waals surface area contributed by atoms with E-state index in [9.17, 15) is 17.6 Å². The lowest BCUT2D eigenvalue weighted by atomic mass is 9.88. The Morgan fingerprint density at radius 2 is 2.00 bits per heavy atom. The van der Waals surface area contributed by atoms with Gasteiger partial charge in [0.25, 0.3) is 0 Å².